The van der Waals surface area contributed by atoms with E-state index in [-0.39, 0.29) is 30.2 Å². The Balaban J connectivity index is 2.84. The molecule has 6 heteroatoms. The maximum Gasteiger partial charge on any atom is 0.272 e. The highest BCUT2D eigenvalue weighted by Crippen LogP contribution is 2.18. The number of rotatable bonds is 5. The molecular formula is C13H18N2O4. The van der Waals surface area contributed by atoms with Gasteiger partial charge in [-0.15, -0.1) is 0 Å². The number of aryl methyl sites for hydroxylation is 1. The average molecular weight is 266 g/mol. The van der Waals surface area contributed by atoms with Crippen LogP contribution in [-0.2, 0) is 0 Å². The Morgan fingerprint density at radius 2 is 2.11 bits per heavy atom. The first kappa shape index (κ1) is 15.1. The third-order valence-corrected chi connectivity index (χ3v) is 3.16. The zero-order chi connectivity index (χ0) is 14.6. The second-order valence-electron chi connectivity index (χ2n) is 4.68. The molecule has 0 aliphatic heterocycles. The SMILES string of the molecule is Cc1cc(C(=O)NC(C)C(C)CO)ccc1[N+](=O)[O-]. The fraction of sp³-hybridized carbons (Fsp3) is 0.462. The highest BCUT2D eigenvalue weighted by Gasteiger charge is 2.17. The summed E-state index contributed by atoms with van der Waals surface area (Å²) in [4.78, 5) is 22.2. The number of aliphatic hydroxyl groups is 1. The number of carbonyl (C=O) groups is 1. The molecule has 0 aromatic heterocycles. The van der Waals surface area contributed by atoms with Crippen molar-refractivity contribution < 1.29 is 14.8 Å². The summed E-state index contributed by atoms with van der Waals surface area (Å²) in [5.74, 6) is -0.353. The number of nitro benzene ring substituents is 1. The van der Waals surface area contributed by atoms with Gasteiger partial charge in [-0.25, -0.2) is 0 Å². The van der Waals surface area contributed by atoms with E-state index in [1.807, 2.05) is 6.92 Å². The van der Waals surface area contributed by atoms with Gasteiger partial charge in [-0.3, -0.25) is 14.9 Å². The van der Waals surface area contributed by atoms with E-state index >= 15 is 0 Å². The second-order valence-corrected chi connectivity index (χ2v) is 4.68. The van der Waals surface area contributed by atoms with Gasteiger partial charge in [0.25, 0.3) is 11.6 Å². The molecule has 104 valence electrons. The molecule has 0 saturated carbocycles. The highest BCUT2D eigenvalue weighted by atomic mass is 16.6. The lowest BCUT2D eigenvalue weighted by Gasteiger charge is -2.19. The molecule has 0 bridgehead atoms. The van der Waals surface area contributed by atoms with Gasteiger partial charge in [-0.1, -0.05) is 6.92 Å². The molecule has 0 fully saturated rings. The van der Waals surface area contributed by atoms with Gasteiger partial charge in [0, 0.05) is 29.8 Å². The predicted molar refractivity (Wildman–Crippen MR) is 71.0 cm³/mol. The van der Waals surface area contributed by atoms with E-state index < -0.39 is 4.92 Å². The zero-order valence-corrected chi connectivity index (χ0v) is 11.2. The van der Waals surface area contributed by atoms with E-state index in [4.69, 9.17) is 5.11 Å². The molecule has 1 aromatic carbocycles. The van der Waals surface area contributed by atoms with Crippen molar-refractivity contribution in [1.82, 2.24) is 5.32 Å². The van der Waals surface area contributed by atoms with Crippen LogP contribution in [0.3, 0.4) is 0 Å². The number of nitrogens with one attached hydrogen (secondary N) is 1. The Morgan fingerprint density at radius 1 is 1.47 bits per heavy atom. The number of amides is 1. The van der Waals surface area contributed by atoms with E-state index in [0.29, 0.717) is 11.1 Å². The lowest BCUT2D eigenvalue weighted by Crippen LogP contribution is -2.38. The molecule has 2 atom stereocenters. The number of benzene rings is 1. The molecule has 1 amide bonds. The van der Waals surface area contributed by atoms with Gasteiger partial charge >= 0.3 is 0 Å². The molecule has 0 aliphatic carbocycles. The number of nitrogens with zero attached hydrogens (tertiary/aromatic N) is 1. The van der Waals surface area contributed by atoms with Crippen LogP contribution in [0.2, 0.25) is 0 Å². The monoisotopic (exact) mass is 266 g/mol. The molecular weight excluding hydrogens is 248 g/mol. The largest absolute Gasteiger partial charge is 0.396 e. The number of hydrogen-bond acceptors (Lipinski definition) is 4. The Morgan fingerprint density at radius 3 is 2.58 bits per heavy atom. The van der Waals surface area contributed by atoms with Crippen LogP contribution in [0.1, 0.15) is 29.8 Å². The van der Waals surface area contributed by atoms with Crippen molar-refractivity contribution in [1.29, 1.82) is 0 Å². The summed E-state index contributed by atoms with van der Waals surface area (Å²) in [5, 5.41) is 22.4. The molecule has 1 aromatic rings. The van der Waals surface area contributed by atoms with Crippen molar-refractivity contribution in [2.24, 2.45) is 5.92 Å². The minimum Gasteiger partial charge on any atom is -0.396 e. The smallest absolute Gasteiger partial charge is 0.272 e. The van der Waals surface area contributed by atoms with Gasteiger partial charge in [-0.05, 0) is 31.9 Å². The van der Waals surface area contributed by atoms with Crippen molar-refractivity contribution in [3.8, 4) is 0 Å². The first-order chi connectivity index (χ1) is 8.86. The molecule has 2 unspecified atom stereocenters. The van der Waals surface area contributed by atoms with Gasteiger partial charge in [0.1, 0.15) is 0 Å². The molecule has 2 N–H and O–H groups in total. The summed E-state index contributed by atoms with van der Waals surface area (Å²) in [6, 6.07) is 4.07. The first-order valence-electron chi connectivity index (χ1n) is 6.03. The Labute approximate surface area is 111 Å². The normalized spacial score (nSPS) is 13.7. The fourth-order valence-electron chi connectivity index (χ4n) is 1.59. The van der Waals surface area contributed by atoms with Crippen LogP contribution in [-0.4, -0.2) is 28.6 Å². The summed E-state index contributed by atoms with van der Waals surface area (Å²) in [6.07, 6.45) is 0. The third kappa shape index (κ3) is 3.75. The van der Waals surface area contributed by atoms with E-state index in [0.717, 1.165) is 0 Å². The molecule has 0 heterocycles. The molecule has 0 radical (unpaired) electrons. The van der Waals surface area contributed by atoms with Crippen molar-refractivity contribution in [2.45, 2.75) is 26.8 Å². The minimum atomic E-state index is -0.479. The van der Waals surface area contributed by atoms with Crippen molar-refractivity contribution in [2.75, 3.05) is 6.61 Å². The van der Waals surface area contributed by atoms with Crippen molar-refractivity contribution in [3.63, 3.8) is 0 Å². The van der Waals surface area contributed by atoms with E-state index in [9.17, 15) is 14.9 Å². The minimum absolute atomic E-state index is 0.00618. The van der Waals surface area contributed by atoms with Gasteiger partial charge < -0.3 is 10.4 Å². The summed E-state index contributed by atoms with van der Waals surface area (Å²) >= 11 is 0. The predicted octanol–water partition coefficient (Wildman–Crippen LogP) is 1.65. The Kier molecular flexibility index (Phi) is 5.00. The molecule has 0 spiro atoms. The van der Waals surface area contributed by atoms with Crippen LogP contribution in [0.4, 0.5) is 5.69 Å². The van der Waals surface area contributed by atoms with E-state index in [1.54, 1.807) is 13.8 Å². The van der Waals surface area contributed by atoms with E-state index in [1.165, 1.54) is 18.2 Å². The summed E-state index contributed by atoms with van der Waals surface area (Å²) in [7, 11) is 0. The first-order valence-corrected chi connectivity index (χ1v) is 6.03. The van der Waals surface area contributed by atoms with Gasteiger partial charge in [0.05, 0.1) is 4.92 Å². The molecule has 0 aliphatic rings. The van der Waals surface area contributed by atoms with E-state index in [2.05, 4.69) is 5.32 Å². The van der Waals surface area contributed by atoms with Crippen molar-refractivity contribution in [3.05, 3.63) is 39.4 Å². The Hall–Kier alpha value is -1.95. The fourth-order valence-corrected chi connectivity index (χ4v) is 1.59. The molecule has 6 nitrogen and oxygen atoms in total. The summed E-state index contributed by atoms with van der Waals surface area (Å²) in [6.45, 7) is 5.21. The standard InChI is InChI=1S/C13H18N2O4/c1-8-6-11(4-5-12(8)15(18)19)13(17)14-10(3)9(2)7-16/h4-6,9-10,16H,7H2,1-3H3,(H,14,17). The number of nitro groups is 1. The number of carbonyl (C=O) groups excluding carboxylic acids is 1. The summed E-state index contributed by atoms with van der Waals surface area (Å²) < 4.78 is 0. The van der Waals surface area contributed by atoms with Gasteiger partial charge in [0.15, 0.2) is 0 Å². The van der Waals surface area contributed by atoms with Crippen LogP contribution >= 0.6 is 0 Å². The lowest BCUT2D eigenvalue weighted by molar-refractivity contribution is -0.385. The van der Waals surface area contributed by atoms with Crippen LogP contribution in [0, 0.1) is 23.0 Å². The molecule has 1 rings (SSSR count). The third-order valence-electron chi connectivity index (χ3n) is 3.16. The van der Waals surface area contributed by atoms with Crippen molar-refractivity contribution >= 4 is 11.6 Å². The Bertz CT molecular complexity index is 488. The van der Waals surface area contributed by atoms with Crippen LogP contribution in [0.25, 0.3) is 0 Å². The topological polar surface area (TPSA) is 92.5 Å². The maximum absolute atomic E-state index is 11.9. The molecule has 19 heavy (non-hydrogen) atoms. The number of aliphatic hydroxyl groups excluding tert-OH is 1. The summed E-state index contributed by atoms with van der Waals surface area (Å²) in [5.41, 5.74) is 0.814. The maximum atomic E-state index is 11.9. The molecule has 0 saturated heterocycles. The highest BCUT2D eigenvalue weighted by molar-refractivity contribution is 5.94. The van der Waals surface area contributed by atoms with Crippen LogP contribution in [0.15, 0.2) is 18.2 Å². The number of hydrogen-bond donors (Lipinski definition) is 2. The van der Waals surface area contributed by atoms with Crippen LogP contribution in [0.5, 0.6) is 0 Å². The van der Waals surface area contributed by atoms with Crippen LogP contribution < -0.4 is 5.32 Å². The lowest BCUT2D eigenvalue weighted by atomic mass is 10.0. The average Bonchev–Trinajstić information content (AvgIpc) is 2.36. The zero-order valence-electron chi connectivity index (χ0n) is 11.2. The quantitative estimate of drug-likeness (QED) is 0.626. The van der Waals surface area contributed by atoms with Gasteiger partial charge in [-0.2, -0.15) is 0 Å². The van der Waals surface area contributed by atoms with Gasteiger partial charge in [0.2, 0.25) is 0 Å². The second kappa shape index (κ2) is 6.29.